The van der Waals surface area contributed by atoms with Gasteiger partial charge < -0.3 is 0 Å². The molecule has 5 nitrogen and oxygen atoms in total. The monoisotopic (exact) mass is 275 g/mol. The Hall–Kier alpha value is -3.26. The van der Waals surface area contributed by atoms with Crippen molar-refractivity contribution in [3.63, 3.8) is 0 Å². The molecule has 0 radical (unpaired) electrons. The Morgan fingerprint density at radius 2 is 1.81 bits per heavy atom. The fraction of sp³-hybridized carbons (Fsp3) is 0. The summed E-state index contributed by atoms with van der Waals surface area (Å²) in [5.74, 6) is 5.74. The molecule has 0 aliphatic carbocycles. The van der Waals surface area contributed by atoms with Crippen molar-refractivity contribution in [2.24, 2.45) is 0 Å². The van der Waals surface area contributed by atoms with E-state index >= 15 is 0 Å². The fourth-order valence-corrected chi connectivity index (χ4v) is 1.85. The van der Waals surface area contributed by atoms with Crippen molar-refractivity contribution in [2.75, 3.05) is 0 Å². The van der Waals surface area contributed by atoms with E-state index in [-0.39, 0.29) is 5.69 Å². The van der Waals surface area contributed by atoms with Gasteiger partial charge in [0.2, 0.25) is 0 Å². The van der Waals surface area contributed by atoms with Crippen molar-refractivity contribution in [3.8, 4) is 11.8 Å². The van der Waals surface area contributed by atoms with E-state index in [2.05, 4.69) is 21.8 Å². The van der Waals surface area contributed by atoms with E-state index in [9.17, 15) is 10.1 Å². The molecule has 3 rings (SSSR count). The van der Waals surface area contributed by atoms with E-state index in [0.29, 0.717) is 11.3 Å². The lowest BCUT2D eigenvalue weighted by atomic mass is 10.2. The van der Waals surface area contributed by atoms with E-state index < -0.39 is 4.92 Å². The summed E-state index contributed by atoms with van der Waals surface area (Å²) >= 11 is 0. The third kappa shape index (κ3) is 2.85. The SMILES string of the molecule is O=[N+]([O-])c1cccc(C#Cc2cnc3ccccc3n2)c1. The maximum absolute atomic E-state index is 10.7. The molecule has 2 aromatic carbocycles. The summed E-state index contributed by atoms with van der Waals surface area (Å²) in [6.07, 6.45) is 1.59. The van der Waals surface area contributed by atoms with Gasteiger partial charge in [0.15, 0.2) is 0 Å². The van der Waals surface area contributed by atoms with Crippen LogP contribution in [0.15, 0.2) is 54.7 Å². The first-order valence-electron chi connectivity index (χ1n) is 6.21. The van der Waals surface area contributed by atoms with Crippen molar-refractivity contribution in [1.82, 2.24) is 9.97 Å². The zero-order valence-electron chi connectivity index (χ0n) is 10.9. The molecular weight excluding hydrogens is 266 g/mol. The first kappa shape index (κ1) is 12.8. The highest BCUT2D eigenvalue weighted by Crippen LogP contribution is 2.12. The Bertz CT molecular complexity index is 894. The molecule has 0 spiro atoms. The minimum Gasteiger partial charge on any atom is -0.258 e. The second-order valence-corrected chi connectivity index (χ2v) is 4.30. The fourth-order valence-electron chi connectivity index (χ4n) is 1.85. The van der Waals surface area contributed by atoms with Crippen LogP contribution in [0.5, 0.6) is 0 Å². The molecule has 0 atom stereocenters. The summed E-state index contributed by atoms with van der Waals surface area (Å²) in [5, 5.41) is 10.7. The number of benzene rings is 2. The molecule has 0 N–H and O–H groups in total. The van der Waals surface area contributed by atoms with Gasteiger partial charge in [-0.2, -0.15) is 0 Å². The van der Waals surface area contributed by atoms with E-state index in [1.54, 1.807) is 18.3 Å². The molecule has 3 aromatic rings. The molecule has 0 aliphatic rings. The highest BCUT2D eigenvalue weighted by Gasteiger charge is 2.03. The van der Waals surface area contributed by atoms with Crippen LogP contribution in [-0.4, -0.2) is 14.9 Å². The molecular formula is C16H9N3O2. The van der Waals surface area contributed by atoms with Gasteiger partial charge in [0.25, 0.3) is 5.69 Å². The topological polar surface area (TPSA) is 68.9 Å². The molecule has 1 heterocycles. The maximum Gasteiger partial charge on any atom is 0.270 e. The third-order valence-corrected chi connectivity index (χ3v) is 2.84. The van der Waals surface area contributed by atoms with Crippen molar-refractivity contribution >= 4 is 16.7 Å². The van der Waals surface area contributed by atoms with Crippen molar-refractivity contribution in [3.05, 3.63) is 76.1 Å². The van der Waals surface area contributed by atoms with Gasteiger partial charge in [0.05, 0.1) is 22.2 Å². The first-order chi connectivity index (χ1) is 10.2. The van der Waals surface area contributed by atoms with Crippen LogP contribution in [0.2, 0.25) is 0 Å². The average molecular weight is 275 g/mol. The number of hydrogen-bond acceptors (Lipinski definition) is 4. The predicted octanol–water partition coefficient (Wildman–Crippen LogP) is 2.94. The number of nitro benzene ring substituents is 1. The van der Waals surface area contributed by atoms with Gasteiger partial charge in [0, 0.05) is 17.7 Å². The molecule has 0 bridgehead atoms. The normalized spacial score (nSPS) is 9.90. The average Bonchev–Trinajstić information content (AvgIpc) is 2.53. The molecule has 0 unspecified atom stereocenters. The number of aromatic nitrogens is 2. The smallest absolute Gasteiger partial charge is 0.258 e. The van der Waals surface area contributed by atoms with Crippen LogP contribution in [0.25, 0.3) is 11.0 Å². The molecule has 0 saturated carbocycles. The van der Waals surface area contributed by atoms with E-state index in [4.69, 9.17) is 0 Å². The van der Waals surface area contributed by atoms with Crippen molar-refractivity contribution in [1.29, 1.82) is 0 Å². The number of fused-ring (bicyclic) bond motifs is 1. The van der Waals surface area contributed by atoms with Gasteiger partial charge in [-0.25, -0.2) is 4.98 Å². The molecule has 0 aliphatic heterocycles. The number of non-ortho nitro benzene ring substituents is 1. The van der Waals surface area contributed by atoms with Crippen LogP contribution in [0.1, 0.15) is 11.3 Å². The quantitative estimate of drug-likeness (QED) is 0.389. The van der Waals surface area contributed by atoms with Crippen LogP contribution in [0, 0.1) is 22.0 Å². The van der Waals surface area contributed by atoms with Crippen LogP contribution in [0.4, 0.5) is 5.69 Å². The van der Waals surface area contributed by atoms with Crippen molar-refractivity contribution in [2.45, 2.75) is 0 Å². The molecule has 0 saturated heterocycles. The number of nitrogens with zero attached hydrogens (tertiary/aromatic N) is 3. The summed E-state index contributed by atoms with van der Waals surface area (Å²) in [6.45, 7) is 0. The second kappa shape index (κ2) is 5.39. The summed E-state index contributed by atoms with van der Waals surface area (Å²) < 4.78 is 0. The van der Waals surface area contributed by atoms with E-state index in [1.165, 1.54) is 12.1 Å². The van der Waals surface area contributed by atoms with Gasteiger partial charge >= 0.3 is 0 Å². The molecule has 0 fully saturated rings. The van der Waals surface area contributed by atoms with E-state index in [1.807, 2.05) is 24.3 Å². The summed E-state index contributed by atoms with van der Waals surface area (Å²) in [7, 11) is 0. The molecule has 100 valence electrons. The number of para-hydroxylation sites is 2. The molecule has 0 amide bonds. The predicted molar refractivity (Wildman–Crippen MR) is 78.6 cm³/mol. The Labute approximate surface area is 120 Å². The minimum absolute atomic E-state index is 0.0198. The minimum atomic E-state index is -0.443. The van der Waals surface area contributed by atoms with Gasteiger partial charge in [-0.3, -0.25) is 15.1 Å². The summed E-state index contributed by atoms with van der Waals surface area (Å²) in [4.78, 5) is 18.9. The molecule has 1 aromatic heterocycles. The summed E-state index contributed by atoms with van der Waals surface area (Å²) in [5.41, 5.74) is 2.69. The Morgan fingerprint density at radius 1 is 1.00 bits per heavy atom. The zero-order chi connectivity index (χ0) is 14.7. The Morgan fingerprint density at radius 3 is 2.62 bits per heavy atom. The first-order valence-corrected chi connectivity index (χ1v) is 6.21. The number of rotatable bonds is 1. The maximum atomic E-state index is 10.7. The largest absolute Gasteiger partial charge is 0.270 e. The highest BCUT2D eigenvalue weighted by atomic mass is 16.6. The third-order valence-electron chi connectivity index (χ3n) is 2.84. The van der Waals surface area contributed by atoms with Crippen LogP contribution in [0.3, 0.4) is 0 Å². The Kier molecular flexibility index (Phi) is 3.27. The lowest BCUT2D eigenvalue weighted by Crippen LogP contribution is -1.89. The standard InChI is InChI=1S/C16H9N3O2/c20-19(21)14-5-3-4-12(10-14)8-9-13-11-17-15-6-1-2-7-16(15)18-13/h1-7,10-11H. The van der Waals surface area contributed by atoms with Gasteiger partial charge in [-0.05, 0) is 24.1 Å². The molecule has 21 heavy (non-hydrogen) atoms. The lowest BCUT2D eigenvalue weighted by Gasteiger charge is -1.95. The van der Waals surface area contributed by atoms with Gasteiger partial charge in [0.1, 0.15) is 5.69 Å². The lowest BCUT2D eigenvalue weighted by molar-refractivity contribution is -0.384. The number of nitro groups is 1. The van der Waals surface area contributed by atoms with Crippen molar-refractivity contribution < 1.29 is 4.92 Å². The zero-order valence-corrected chi connectivity index (χ0v) is 10.9. The highest BCUT2D eigenvalue weighted by molar-refractivity contribution is 5.74. The number of hydrogen-bond donors (Lipinski definition) is 0. The van der Waals surface area contributed by atoms with Crippen LogP contribution >= 0.6 is 0 Å². The van der Waals surface area contributed by atoms with Crippen LogP contribution in [-0.2, 0) is 0 Å². The summed E-state index contributed by atoms with van der Waals surface area (Å²) in [6, 6.07) is 13.7. The molecule has 5 heteroatoms. The van der Waals surface area contributed by atoms with E-state index in [0.717, 1.165) is 11.0 Å². The second-order valence-electron chi connectivity index (χ2n) is 4.30. The van der Waals surface area contributed by atoms with Gasteiger partial charge in [-0.1, -0.05) is 24.1 Å². The van der Waals surface area contributed by atoms with Crippen LogP contribution < -0.4 is 0 Å². The Balaban J connectivity index is 1.95. The van der Waals surface area contributed by atoms with Gasteiger partial charge in [-0.15, -0.1) is 0 Å².